The number of nitrogens with one attached hydrogen (secondary N) is 2. The van der Waals surface area contributed by atoms with Gasteiger partial charge in [-0.1, -0.05) is 17.4 Å². The first-order valence-electron chi connectivity index (χ1n) is 9.98. The van der Waals surface area contributed by atoms with Crippen LogP contribution in [0.5, 0.6) is 5.75 Å². The number of benzene rings is 1. The number of alkyl halides is 3. The molecule has 184 valence electrons. The Balaban J connectivity index is 1.88. The van der Waals surface area contributed by atoms with Crippen LogP contribution in [0.1, 0.15) is 26.6 Å². The van der Waals surface area contributed by atoms with Crippen LogP contribution in [0.25, 0.3) is 0 Å². The number of halogens is 3. The highest BCUT2D eigenvalue weighted by atomic mass is 32.2. The van der Waals surface area contributed by atoms with E-state index in [4.69, 9.17) is 10.5 Å². The Kier molecular flexibility index (Phi) is 7.33. The number of hydrogen-bond donors (Lipinski definition) is 3. The Hall–Kier alpha value is -2.97. The van der Waals surface area contributed by atoms with Crippen molar-refractivity contribution >= 4 is 37.9 Å². The summed E-state index contributed by atoms with van der Waals surface area (Å²) in [5.74, 6) is -1.28. The second-order valence-electron chi connectivity index (χ2n) is 7.82. The minimum Gasteiger partial charge on any atom is -0.494 e. The summed E-state index contributed by atoms with van der Waals surface area (Å²) in [6.45, 7) is 5.70. The van der Waals surface area contributed by atoms with Gasteiger partial charge in [-0.15, -0.1) is 0 Å². The van der Waals surface area contributed by atoms with E-state index in [2.05, 4.69) is 25.6 Å². The molecule has 0 bridgehead atoms. The number of ether oxygens (including phenoxy) is 1. The molecule has 0 aliphatic heterocycles. The van der Waals surface area contributed by atoms with Crippen LogP contribution in [0.15, 0.2) is 45.6 Å². The predicted molar refractivity (Wildman–Crippen MR) is 122 cm³/mol. The zero-order valence-electron chi connectivity index (χ0n) is 18.5. The monoisotopic (exact) mass is 516 g/mol. The lowest BCUT2D eigenvalue weighted by Crippen LogP contribution is -2.39. The molecule has 2 heterocycles. The van der Waals surface area contributed by atoms with Crippen LogP contribution in [0.2, 0.25) is 0 Å². The molecule has 0 aliphatic carbocycles. The van der Waals surface area contributed by atoms with Crippen molar-refractivity contribution in [3.8, 4) is 5.75 Å². The van der Waals surface area contributed by atoms with E-state index in [0.717, 1.165) is 17.5 Å². The normalized spacial score (nSPS) is 12.4. The van der Waals surface area contributed by atoms with E-state index < -0.39 is 27.4 Å². The van der Waals surface area contributed by atoms with Gasteiger partial charge < -0.3 is 21.1 Å². The molecule has 0 spiro atoms. The van der Waals surface area contributed by atoms with E-state index in [1.165, 1.54) is 18.2 Å². The van der Waals surface area contributed by atoms with Crippen LogP contribution < -0.4 is 21.1 Å². The fourth-order valence-electron chi connectivity index (χ4n) is 2.61. The number of hydrogen-bond acceptors (Lipinski definition) is 10. The number of sulfone groups is 1. The number of thiazole rings is 1. The third-order valence-electron chi connectivity index (χ3n) is 4.12. The Bertz CT molecular complexity index is 1260. The van der Waals surface area contributed by atoms with Gasteiger partial charge in [-0.25, -0.2) is 23.4 Å². The number of nitrogens with zero attached hydrogens (tertiary/aromatic N) is 3. The molecule has 34 heavy (non-hydrogen) atoms. The van der Waals surface area contributed by atoms with Crippen LogP contribution in [-0.2, 0) is 16.0 Å². The van der Waals surface area contributed by atoms with Crippen LogP contribution in [0, 0.1) is 0 Å². The van der Waals surface area contributed by atoms with E-state index >= 15 is 0 Å². The largest absolute Gasteiger partial charge is 0.494 e. The van der Waals surface area contributed by atoms with Gasteiger partial charge in [0.1, 0.15) is 21.6 Å². The maximum absolute atomic E-state index is 13.3. The molecule has 0 amide bonds. The first-order chi connectivity index (χ1) is 15.8. The predicted octanol–water partition coefficient (Wildman–Crippen LogP) is 4.08. The molecule has 0 saturated carbocycles. The molecular formula is C20H23F3N6O3S2. The summed E-state index contributed by atoms with van der Waals surface area (Å²) in [5, 5.41) is 5.41. The fraction of sp³-hybridized carbons (Fsp3) is 0.350. The molecule has 14 heteroatoms. The van der Waals surface area contributed by atoms with Gasteiger partial charge in [0.05, 0.1) is 17.7 Å². The number of nitrogens with two attached hydrogens (primary N) is 1. The van der Waals surface area contributed by atoms with Crippen molar-refractivity contribution in [3.05, 3.63) is 42.4 Å². The summed E-state index contributed by atoms with van der Waals surface area (Å²) in [5.41, 5.74) is 5.17. The molecule has 0 radical (unpaired) electrons. The zero-order valence-corrected chi connectivity index (χ0v) is 20.1. The van der Waals surface area contributed by atoms with Gasteiger partial charge in [-0.3, -0.25) is 0 Å². The van der Waals surface area contributed by atoms with Crippen molar-refractivity contribution in [3.63, 3.8) is 0 Å². The van der Waals surface area contributed by atoms with E-state index in [-0.39, 0.29) is 32.4 Å². The first-order valence-corrected chi connectivity index (χ1v) is 12.3. The minimum atomic E-state index is -4.80. The summed E-state index contributed by atoms with van der Waals surface area (Å²) < 4.78 is 71.0. The lowest BCUT2D eigenvalue weighted by molar-refractivity contribution is -0.144. The Morgan fingerprint density at radius 3 is 2.50 bits per heavy atom. The highest BCUT2D eigenvalue weighted by Gasteiger charge is 2.35. The molecule has 1 aromatic carbocycles. The van der Waals surface area contributed by atoms with Crippen molar-refractivity contribution in [2.75, 3.05) is 23.8 Å². The van der Waals surface area contributed by atoms with Crippen molar-refractivity contribution < 1.29 is 26.3 Å². The average molecular weight is 517 g/mol. The van der Waals surface area contributed by atoms with Gasteiger partial charge >= 0.3 is 6.18 Å². The lowest BCUT2D eigenvalue weighted by atomic mass is 10.1. The molecule has 0 fully saturated rings. The molecule has 0 atom stereocenters. The average Bonchev–Trinajstić information content (AvgIpc) is 3.21. The number of anilines is 3. The number of aromatic nitrogens is 3. The van der Waals surface area contributed by atoms with E-state index in [1.807, 2.05) is 0 Å². The standard InChI is InChI=1S/C20H23F3N6O3S2/c1-4-32-12-6-5-7-13(8-12)34(30,31)16-10-25-18(33-16)29-15-9-14(26-11-19(2,3)24)27-17(28-15)20(21,22)23/h5-10H,4,11,24H2,1-3H3,(H2,25,26,27,28,29). The molecule has 9 nitrogen and oxygen atoms in total. The number of rotatable bonds is 9. The second-order valence-corrected chi connectivity index (χ2v) is 11.0. The Morgan fingerprint density at radius 2 is 1.85 bits per heavy atom. The van der Waals surface area contributed by atoms with Crippen LogP contribution in [0.4, 0.5) is 29.9 Å². The quantitative estimate of drug-likeness (QED) is 0.385. The van der Waals surface area contributed by atoms with Gasteiger partial charge in [-0.05, 0) is 39.0 Å². The lowest BCUT2D eigenvalue weighted by Gasteiger charge is -2.20. The molecule has 2 aromatic heterocycles. The van der Waals surface area contributed by atoms with Crippen molar-refractivity contribution in [1.29, 1.82) is 0 Å². The summed E-state index contributed by atoms with van der Waals surface area (Å²) in [4.78, 5) is 11.0. The van der Waals surface area contributed by atoms with Gasteiger partial charge in [0, 0.05) is 18.2 Å². The van der Waals surface area contributed by atoms with E-state index in [0.29, 0.717) is 12.4 Å². The smallest absolute Gasteiger partial charge is 0.451 e. The highest BCUT2D eigenvalue weighted by Crippen LogP contribution is 2.33. The molecular weight excluding hydrogens is 493 g/mol. The topological polar surface area (TPSA) is 132 Å². The Morgan fingerprint density at radius 1 is 1.15 bits per heavy atom. The molecule has 0 unspecified atom stereocenters. The Labute approximate surface area is 198 Å². The maximum Gasteiger partial charge on any atom is 0.451 e. The molecule has 0 aliphatic rings. The molecule has 0 saturated heterocycles. The molecule has 4 N–H and O–H groups in total. The zero-order chi connectivity index (χ0) is 25.1. The summed E-state index contributed by atoms with van der Waals surface area (Å²) in [6, 6.07) is 7.24. The van der Waals surface area contributed by atoms with Crippen LogP contribution >= 0.6 is 11.3 Å². The fourth-order valence-corrected chi connectivity index (χ4v) is 5.09. The third kappa shape index (κ3) is 6.55. The van der Waals surface area contributed by atoms with Crippen LogP contribution in [0.3, 0.4) is 0 Å². The van der Waals surface area contributed by atoms with Crippen molar-refractivity contribution in [2.45, 2.75) is 41.6 Å². The summed E-state index contributed by atoms with van der Waals surface area (Å²) in [7, 11) is -3.92. The molecule has 3 aromatic rings. The van der Waals surface area contributed by atoms with E-state index in [9.17, 15) is 21.6 Å². The van der Waals surface area contributed by atoms with Crippen LogP contribution in [-0.4, -0.2) is 42.1 Å². The minimum absolute atomic E-state index is 0.00549. The van der Waals surface area contributed by atoms with Gasteiger partial charge in [0.15, 0.2) is 5.13 Å². The SMILES string of the molecule is CCOc1cccc(S(=O)(=O)c2cnc(Nc3cc(NCC(C)(C)N)nc(C(F)(F)F)n3)s2)c1. The first kappa shape index (κ1) is 25.6. The van der Waals surface area contributed by atoms with Gasteiger partial charge in [0.25, 0.3) is 0 Å². The maximum atomic E-state index is 13.3. The van der Waals surface area contributed by atoms with Crippen molar-refractivity contribution in [1.82, 2.24) is 15.0 Å². The van der Waals surface area contributed by atoms with E-state index in [1.54, 1.807) is 32.9 Å². The van der Waals surface area contributed by atoms with Gasteiger partial charge in [-0.2, -0.15) is 13.2 Å². The summed E-state index contributed by atoms with van der Waals surface area (Å²) >= 11 is 0.752. The molecule has 3 rings (SSSR count). The van der Waals surface area contributed by atoms with Crippen molar-refractivity contribution in [2.24, 2.45) is 5.73 Å². The third-order valence-corrected chi connectivity index (χ3v) is 7.24. The second kappa shape index (κ2) is 9.72. The highest BCUT2D eigenvalue weighted by molar-refractivity contribution is 7.93. The summed E-state index contributed by atoms with van der Waals surface area (Å²) in [6.07, 6.45) is -3.67. The van der Waals surface area contributed by atoms with Gasteiger partial charge in [0.2, 0.25) is 15.7 Å².